The average molecular weight is 357 g/mol. The van der Waals surface area contributed by atoms with Gasteiger partial charge in [-0.3, -0.25) is 9.59 Å². The van der Waals surface area contributed by atoms with E-state index < -0.39 is 32.4 Å². The highest BCUT2D eigenvalue weighted by atomic mass is 32.2. The number of amides is 1. The van der Waals surface area contributed by atoms with Crippen LogP contribution in [0.2, 0.25) is 0 Å². The van der Waals surface area contributed by atoms with Gasteiger partial charge in [0.2, 0.25) is 5.91 Å². The molecular formula is C16H23NO6S. The molecule has 0 aliphatic carbocycles. The molecule has 1 atom stereocenters. The molecule has 0 aromatic heterocycles. The minimum absolute atomic E-state index is 0.152. The van der Waals surface area contributed by atoms with Crippen LogP contribution in [0.25, 0.3) is 0 Å². The summed E-state index contributed by atoms with van der Waals surface area (Å²) >= 11 is 0. The summed E-state index contributed by atoms with van der Waals surface area (Å²) in [4.78, 5) is 23.6. The van der Waals surface area contributed by atoms with Gasteiger partial charge in [0.05, 0.1) is 13.0 Å². The number of hydrogen-bond donors (Lipinski definition) is 2. The Bertz CT molecular complexity index is 711. The topological polar surface area (TPSA) is 110 Å². The van der Waals surface area contributed by atoms with Crippen LogP contribution >= 0.6 is 0 Å². The van der Waals surface area contributed by atoms with E-state index in [2.05, 4.69) is 5.32 Å². The van der Waals surface area contributed by atoms with E-state index in [0.717, 1.165) is 6.26 Å². The molecule has 24 heavy (non-hydrogen) atoms. The van der Waals surface area contributed by atoms with Gasteiger partial charge in [-0.15, -0.1) is 0 Å². The molecular weight excluding hydrogens is 334 g/mol. The van der Waals surface area contributed by atoms with Crippen molar-refractivity contribution in [2.45, 2.75) is 25.0 Å². The molecule has 8 heteroatoms. The maximum Gasteiger partial charge on any atom is 0.308 e. The molecule has 0 fully saturated rings. The van der Waals surface area contributed by atoms with E-state index in [-0.39, 0.29) is 13.0 Å². The summed E-state index contributed by atoms with van der Waals surface area (Å²) in [6, 6.07) is 7.01. The molecule has 0 aliphatic heterocycles. The lowest BCUT2D eigenvalue weighted by atomic mass is 9.98. The van der Waals surface area contributed by atoms with Crippen LogP contribution in [-0.2, 0) is 25.8 Å². The van der Waals surface area contributed by atoms with E-state index in [9.17, 15) is 23.1 Å². The minimum Gasteiger partial charge on any atom is -0.496 e. The van der Waals surface area contributed by atoms with Gasteiger partial charge in [-0.2, -0.15) is 0 Å². The Morgan fingerprint density at radius 3 is 2.38 bits per heavy atom. The SMILES string of the molecule is COc1ccccc1CC(CNC(=O)C(C)(C)S(C)(=O)=O)C(=O)O. The number of hydrogen-bond acceptors (Lipinski definition) is 5. The molecule has 2 N–H and O–H groups in total. The minimum atomic E-state index is -3.62. The molecule has 1 rings (SSSR count). The van der Waals surface area contributed by atoms with Crippen LogP contribution in [0, 0.1) is 5.92 Å². The second kappa shape index (κ2) is 7.65. The Hall–Kier alpha value is -2.09. The molecule has 0 heterocycles. The molecule has 0 saturated carbocycles. The summed E-state index contributed by atoms with van der Waals surface area (Å²) in [7, 11) is -2.13. The maximum atomic E-state index is 12.1. The normalized spacial score (nSPS) is 13.2. The van der Waals surface area contributed by atoms with Gasteiger partial charge < -0.3 is 15.2 Å². The zero-order valence-corrected chi connectivity index (χ0v) is 15.0. The number of carbonyl (C=O) groups is 2. The summed E-state index contributed by atoms with van der Waals surface area (Å²) in [6.07, 6.45) is 1.12. The van der Waals surface area contributed by atoms with E-state index in [1.807, 2.05) is 0 Å². The molecule has 1 aromatic carbocycles. The summed E-state index contributed by atoms with van der Waals surface area (Å²) in [6.45, 7) is 2.40. The molecule has 7 nitrogen and oxygen atoms in total. The Balaban J connectivity index is 2.85. The van der Waals surface area contributed by atoms with Crippen molar-refractivity contribution in [3.63, 3.8) is 0 Å². The van der Waals surface area contributed by atoms with Crippen LogP contribution < -0.4 is 10.1 Å². The Morgan fingerprint density at radius 1 is 1.29 bits per heavy atom. The molecule has 0 bridgehead atoms. The number of aliphatic carboxylic acids is 1. The van der Waals surface area contributed by atoms with Gasteiger partial charge in [0.1, 0.15) is 10.5 Å². The Labute approximate surface area is 141 Å². The predicted molar refractivity (Wildman–Crippen MR) is 89.8 cm³/mol. The van der Waals surface area contributed by atoms with E-state index in [0.29, 0.717) is 11.3 Å². The molecule has 0 aliphatic rings. The van der Waals surface area contributed by atoms with Crippen LogP contribution in [-0.4, -0.2) is 50.1 Å². The Morgan fingerprint density at radius 2 is 1.88 bits per heavy atom. The molecule has 0 spiro atoms. The number of sulfone groups is 1. The fraction of sp³-hybridized carbons (Fsp3) is 0.500. The number of para-hydroxylation sites is 1. The number of nitrogens with one attached hydrogen (secondary N) is 1. The van der Waals surface area contributed by atoms with Crippen molar-refractivity contribution in [2.24, 2.45) is 5.92 Å². The largest absolute Gasteiger partial charge is 0.496 e. The smallest absolute Gasteiger partial charge is 0.308 e. The first-order valence-electron chi connectivity index (χ1n) is 7.33. The van der Waals surface area contributed by atoms with Crippen molar-refractivity contribution >= 4 is 21.7 Å². The first-order chi connectivity index (χ1) is 11.0. The fourth-order valence-corrected chi connectivity index (χ4v) is 2.39. The Kier molecular flexibility index (Phi) is 6.36. The summed E-state index contributed by atoms with van der Waals surface area (Å²) < 4.78 is 26.9. The van der Waals surface area contributed by atoms with E-state index >= 15 is 0 Å². The number of carboxylic acids is 1. The van der Waals surface area contributed by atoms with Crippen molar-refractivity contribution in [3.05, 3.63) is 29.8 Å². The first kappa shape index (κ1) is 20.0. The standard InChI is InChI=1S/C16H23NO6S/c1-16(2,24(4,21)22)15(20)17-10-12(14(18)19)9-11-7-5-6-8-13(11)23-3/h5-8,12H,9-10H2,1-4H3,(H,17,20)(H,18,19). The van der Waals surface area contributed by atoms with Gasteiger partial charge in [0.25, 0.3) is 0 Å². The highest BCUT2D eigenvalue weighted by molar-refractivity contribution is 7.92. The number of rotatable bonds is 8. The number of carbonyl (C=O) groups excluding carboxylic acids is 1. The quantitative estimate of drug-likeness (QED) is 0.715. The van der Waals surface area contributed by atoms with Crippen LogP contribution in [0.4, 0.5) is 0 Å². The van der Waals surface area contributed by atoms with Gasteiger partial charge in [-0.1, -0.05) is 18.2 Å². The second-order valence-electron chi connectivity index (χ2n) is 6.04. The van der Waals surface area contributed by atoms with Crippen LogP contribution in [0.5, 0.6) is 5.75 Å². The molecule has 1 amide bonds. The van der Waals surface area contributed by atoms with Crippen molar-refractivity contribution in [3.8, 4) is 5.75 Å². The lowest BCUT2D eigenvalue weighted by molar-refractivity contribution is -0.141. The third-order valence-corrected chi connectivity index (χ3v) is 6.03. The summed E-state index contributed by atoms with van der Waals surface area (Å²) in [5.41, 5.74) is 0.698. The third-order valence-electron chi connectivity index (χ3n) is 3.99. The predicted octanol–water partition coefficient (Wildman–Crippen LogP) is 0.878. The van der Waals surface area contributed by atoms with Crippen LogP contribution in [0.1, 0.15) is 19.4 Å². The van der Waals surface area contributed by atoms with Gasteiger partial charge in [0, 0.05) is 12.8 Å². The lowest BCUT2D eigenvalue weighted by Crippen LogP contribution is -2.49. The van der Waals surface area contributed by atoms with E-state index in [1.165, 1.54) is 21.0 Å². The molecule has 0 radical (unpaired) electrons. The number of methoxy groups -OCH3 is 1. The van der Waals surface area contributed by atoms with Crippen molar-refractivity contribution in [2.75, 3.05) is 19.9 Å². The van der Waals surface area contributed by atoms with Gasteiger partial charge in [0.15, 0.2) is 9.84 Å². The van der Waals surface area contributed by atoms with Crippen molar-refractivity contribution in [1.82, 2.24) is 5.32 Å². The van der Waals surface area contributed by atoms with Crippen molar-refractivity contribution in [1.29, 1.82) is 0 Å². The fourth-order valence-electron chi connectivity index (χ4n) is 1.98. The molecule has 1 unspecified atom stereocenters. The third kappa shape index (κ3) is 4.70. The molecule has 1 aromatic rings. The first-order valence-corrected chi connectivity index (χ1v) is 9.22. The van der Waals surface area contributed by atoms with Crippen LogP contribution in [0.15, 0.2) is 24.3 Å². The number of carboxylic acid groups (broad SMARTS) is 1. The highest BCUT2D eigenvalue weighted by Crippen LogP contribution is 2.21. The van der Waals surface area contributed by atoms with E-state index in [1.54, 1.807) is 24.3 Å². The highest BCUT2D eigenvalue weighted by Gasteiger charge is 2.38. The van der Waals surface area contributed by atoms with E-state index in [4.69, 9.17) is 4.74 Å². The molecule has 0 saturated heterocycles. The van der Waals surface area contributed by atoms with Crippen molar-refractivity contribution < 1.29 is 27.9 Å². The van der Waals surface area contributed by atoms with Gasteiger partial charge in [-0.25, -0.2) is 8.42 Å². The van der Waals surface area contributed by atoms with Gasteiger partial charge >= 0.3 is 5.97 Å². The second-order valence-corrected chi connectivity index (χ2v) is 8.61. The van der Waals surface area contributed by atoms with Crippen LogP contribution in [0.3, 0.4) is 0 Å². The molecule has 134 valence electrons. The lowest BCUT2D eigenvalue weighted by Gasteiger charge is -2.23. The zero-order chi connectivity index (χ0) is 18.5. The monoisotopic (exact) mass is 357 g/mol. The maximum absolute atomic E-state index is 12.1. The zero-order valence-electron chi connectivity index (χ0n) is 14.2. The number of ether oxygens (including phenoxy) is 1. The summed E-state index contributed by atoms with van der Waals surface area (Å²) in [5, 5.41) is 11.8. The summed E-state index contributed by atoms with van der Waals surface area (Å²) in [5.74, 6) is -2.15. The van der Waals surface area contributed by atoms with Gasteiger partial charge in [-0.05, 0) is 31.9 Å². The average Bonchev–Trinajstić information content (AvgIpc) is 2.49. The number of benzene rings is 1.